The number of carbonyl (C=O) groups excluding carboxylic acids is 1. The van der Waals surface area contributed by atoms with Crippen LogP contribution in [-0.4, -0.2) is 36.6 Å². The van der Waals surface area contributed by atoms with Crippen LogP contribution in [0.15, 0.2) is 35.9 Å². The molecular formula is C19H20F4N4O3S. The molecule has 0 fully saturated rings. The van der Waals surface area contributed by atoms with E-state index in [4.69, 9.17) is 0 Å². The summed E-state index contributed by atoms with van der Waals surface area (Å²) < 4.78 is 76.9. The molecule has 1 heterocycles. The van der Waals surface area contributed by atoms with Gasteiger partial charge in [-0.25, -0.2) is 27.2 Å². The van der Waals surface area contributed by atoms with E-state index < -0.39 is 45.2 Å². The van der Waals surface area contributed by atoms with E-state index in [9.17, 15) is 30.8 Å². The Morgan fingerprint density at radius 3 is 2.58 bits per heavy atom. The summed E-state index contributed by atoms with van der Waals surface area (Å²) in [6.45, 7) is 1.71. The number of nitrogens with one attached hydrogen (secondary N) is 2. The smallest absolute Gasteiger partial charge is 0.303 e. The summed E-state index contributed by atoms with van der Waals surface area (Å²) in [4.78, 5) is 19.7. The van der Waals surface area contributed by atoms with Crippen molar-refractivity contribution >= 4 is 21.6 Å². The molecule has 0 bridgehead atoms. The summed E-state index contributed by atoms with van der Waals surface area (Å²) in [5, 5.41) is 5.91. The van der Waals surface area contributed by atoms with Gasteiger partial charge in [0.25, 0.3) is 5.91 Å². The molecule has 1 aromatic carbocycles. The average molecular weight is 460 g/mol. The Balaban J connectivity index is 2.32. The molecule has 2 rings (SSSR count). The zero-order chi connectivity index (χ0) is 23.4. The van der Waals surface area contributed by atoms with E-state index >= 15 is 0 Å². The summed E-state index contributed by atoms with van der Waals surface area (Å²) in [5.41, 5.74) is -0.358. The lowest BCUT2D eigenvalue weighted by Crippen LogP contribution is -2.32. The maximum Gasteiger partial charge on any atom is 0.303 e. The fourth-order valence-corrected chi connectivity index (χ4v) is 2.87. The first-order chi connectivity index (χ1) is 14.3. The van der Waals surface area contributed by atoms with Crippen molar-refractivity contribution in [3.8, 4) is 0 Å². The van der Waals surface area contributed by atoms with Gasteiger partial charge >= 0.3 is 5.92 Å². The number of rotatable bonds is 8. The second-order valence-corrected chi connectivity index (χ2v) is 8.78. The highest BCUT2D eigenvalue weighted by molar-refractivity contribution is 7.93. The highest BCUT2D eigenvalue weighted by Crippen LogP contribution is 2.26. The van der Waals surface area contributed by atoms with Crippen molar-refractivity contribution in [3.05, 3.63) is 64.5 Å². The number of nitrogens with zero attached hydrogens (tertiary/aromatic N) is 2. The minimum atomic E-state index is -3.42. The van der Waals surface area contributed by atoms with Crippen molar-refractivity contribution in [2.75, 3.05) is 11.6 Å². The number of alkyl halides is 2. The summed E-state index contributed by atoms with van der Waals surface area (Å²) in [7, 11) is -3.42. The molecule has 1 aromatic heterocycles. The summed E-state index contributed by atoms with van der Waals surface area (Å²) >= 11 is 0. The minimum absolute atomic E-state index is 0.112. The number of benzene rings is 1. The fraction of sp³-hybridized carbons (Fsp3) is 0.316. The van der Waals surface area contributed by atoms with E-state index in [2.05, 4.69) is 20.6 Å². The number of hydrogen-bond acceptors (Lipinski definition) is 6. The van der Waals surface area contributed by atoms with Crippen LogP contribution in [0.25, 0.3) is 0 Å². The van der Waals surface area contributed by atoms with Gasteiger partial charge in [-0.15, -0.1) is 0 Å². The molecule has 31 heavy (non-hydrogen) atoms. The van der Waals surface area contributed by atoms with Gasteiger partial charge in [0.2, 0.25) is 5.82 Å². The van der Waals surface area contributed by atoms with Gasteiger partial charge in [-0.2, -0.15) is 8.78 Å². The van der Waals surface area contributed by atoms with Gasteiger partial charge < -0.3 is 10.6 Å². The van der Waals surface area contributed by atoms with Crippen LogP contribution in [0, 0.1) is 11.6 Å². The molecule has 168 valence electrons. The maximum atomic E-state index is 13.9. The number of hydrogen-bond donors (Lipinski definition) is 2. The van der Waals surface area contributed by atoms with Crippen LogP contribution in [0.3, 0.4) is 0 Å². The van der Waals surface area contributed by atoms with Gasteiger partial charge in [0, 0.05) is 42.9 Å². The van der Waals surface area contributed by atoms with E-state index in [-0.39, 0.29) is 23.5 Å². The monoisotopic (exact) mass is 460 g/mol. The SMILES string of the molecule is C[C@@H](/C=C/S(C)(=O)=O)NC(=O)c1cnc(C(C)(F)F)nc1NCc1cc(F)ccc1F. The van der Waals surface area contributed by atoms with Gasteiger partial charge in [-0.3, -0.25) is 4.79 Å². The standard InChI is InChI=1S/C19H20F4N4O3S/c1-11(6-7-31(3,29)30)26-17(28)14-10-25-18(19(2,22)23)27-16(14)24-9-12-8-13(20)4-5-15(12)21/h4-8,10-11H,9H2,1-3H3,(H,26,28)(H,24,25,27)/b7-6+/t11-/m0/s1. The molecule has 2 aromatic rings. The summed E-state index contributed by atoms with van der Waals surface area (Å²) in [5.74, 6) is -6.86. The van der Waals surface area contributed by atoms with E-state index in [1.807, 2.05) is 0 Å². The summed E-state index contributed by atoms with van der Waals surface area (Å²) in [6, 6.07) is 2.00. The fourth-order valence-electron chi connectivity index (χ4n) is 2.35. The lowest BCUT2D eigenvalue weighted by atomic mass is 10.2. The van der Waals surface area contributed by atoms with Crippen LogP contribution < -0.4 is 10.6 Å². The highest BCUT2D eigenvalue weighted by Gasteiger charge is 2.30. The van der Waals surface area contributed by atoms with E-state index in [0.717, 1.165) is 36.1 Å². The van der Waals surface area contributed by atoms with Gasteiger partial charge in [0.05, 0.1) is 0 Å². The van der Waals surface area contributed by atoms with Crippen LogP contribution in [0.5, 0.6) is 0 Å². The summed E-state index contributed by atoms with van der Waals surface area (Å²) in [6.07, 6.45) is 3.06. The van der Waals surface area contributed by atoms with Crippen LogP contribution in [-0.2, 0) is 22.3 Å². The molecule has 0 saturated carbocycles. The molecule has 0 aliphatic carbocycles. The van der Waals surface area contributed by atoms with Crippen LogP contribution in [0.1, 0.15) is 35.6 Å². The normalized spacial score (nSPS) is 13.3. The molecule has 0 aliphatic rings. The van der Waals surface area contributed by atoms with Crippen molar-refractivity contribution in [2.45, 2.75) is 32.4 Å². The first kappa shape index (κ1) is 24.3. The Kier molecular flexibility index (Phi) is 7.37. The molecule has 7 nitrogen and oxygen atoms in total. The number of aromatic nitrogens is 2. The van der Waals surface area contributed by atoms with E-state index in [1.54, 1.807) is 0 Å². The zero-order valence-electron chi connectivity index (χ0n) is 16.8. The van der Waals surface area contributed by atoms with Crippen LogP contribution >= 0.6 is 0 Å². The second-order valence-electron chi connectivity index (χ2n) is 6.85. The average Bonchev–Trinajstić information content (AvgIpc) is 2.65. The van der Waals surface area contributed by atoms with Crippen molar-refractivity contribution in [1.29, 1.82) is 0 Å². The van der Waals surface area contributed by atoms with Gasteiger partial charge in [0.1, 0.15) is 23.0 Å². The van der Waals surface area contributed by atoms with Gasteiger partial charge in [-0.1, -0.05) is 6.08 Å². The lowest BCUT2D eigenvalue weighted by molar-refractivity contribution is 0.00774. The number of carbonyl (C=O) groups is 1. The Morgan fingerprint density at radius 1 is 1.29 bits per heavy atom. The molecule has 1 amide bonds. The quantitative estimate of drug-likeness (QED) is 0.587. The predicted molar refractivity (Wildman–Crippen MR) is 106 cm³/mol. The van der Waals surface area contributed by atoms with Gasteiger partial charge in [0.15, 0.2) is 9.84 Å². The largest absolute Gasteiger partial charge is 0.365 e. The van der Waals surface area contributed by atoms with Crippen LogP contribution in [0.2, 0.25) is 0 Å². The van der Waals surface area contributed by atoms with E-state index in [0.29, 0.717) is 6.92 Å². The Bertz CT molecular complexity index is 1100. The van der Waals surface area contributed by atoms with Crippen molar-refractivity contribution in [1.82, 2.24) is 15.3 Å². The number of sulfone groups is 1. The second kappa shape index (κ2) is 9.41. The molecule has 1 atom stereocenters. The molecule has 0 spiro atoms. The Labute approximate surface area is 176 Å². The lowest BCUT2D eigenvalue weighted by Gasteiger charge is -2.16. The van der Waals surface area contributed by atoms with Gasteiger partial charge in [-0.05, 0) is 25.1 Å². The minimum Gasteiger partial charge on any atom is -0.365 e. The number of anilines is 1. The third kappa shape index (κ3) is 7.31. The Hall–Kier alpha value is -3.02. The molecule has 12 heteroatoms. The zero-order valence-corrected chi connectivity index (χ0v) is 17.6. The first-order valence-corrected chi connectivity index (χ1v) is 10.8. The van der Waals surface area contributed by atoms with Crippen molar-refractivity contribution in [3.63, 3.8) is 0 Å². The first-order valence-electron chi connectivity index (χ1n) is 8.88. The Morgan fingerprint density at radius 2 is 1.97 bits per heavy atom. The number of amides is 1. The number of halogens is 4. The molecule has 0 radical (unpaired) electrons. The molecule has 0 saturated heterocycles. The van der Waals surface area contributed by atoms with Crippen molar-refractivity contribution < 1.29 is 30.8 Å². The van der Waals surface area contributed by atoms with E-state index in [1.165, 1.54) is 13.0 Å². The molecule has 0 unspecified atom stereocenters. The molecule has 2 N–H and O–H groups in total. The van der Waals surface area contributed by atoms with Crippen molar-refractivity contribution in [2.24, 2.45) is 0 Å². The predicted octanol–water partition coefficient (Wildman–Crippen LogP) is 3.16. The third-order valence-corrected chi connectivity index (χ3v) is 4.50. The third-order valence-electron chi connectivity index (χ3n) is 3.85. The highest BCUT2D eigenvalue weighted by atomic mass is 32.2. The van der Waals surface area contributed by atoms with Crippen LogP contribution in [0.4, 0.5) is 23.4 Å². The molecular weight excluding hydrogens is 440 g/mol. The topological polar surface area (TPSA) is 101 Å². The molecule has 0 aliphatic heterocycles. The maximum absolute atomic E-state index is 13.9.